The van der Waals surface area contributed by atoms with Gasteiger partial charge in [-0.15, -0.1) is 0 Å². The number of hydrogen-bond acceptors (Lipinski definition) is 3. The van der Waals surface area contributed by atoms with Gasteiger partial charge in [-0.25, -0.2) is 0 Å². The SMILES string of the molecule is O=C(O)CCNC1CCCN(C2CCCCC2)C1. The molecule has 2 rings (SSSR count). The third-order valence-corrected chi connectivity index (χ3v) is 4.32. The van der Waals surface area contributed by atoms with Gasteiger partial charge in [-0.05, 0) is 32.2 Å². The number of aliphatic carboxylic acids is 1. The number of rotatable bonds is 5. The minimum atomic E-state index is -0.706. The predicted molar refractivity (Wildman–Crippen MR) is 71.7 cm³/mol. The minimum Gasteiger partial charge on any atom is -0.481 e. The molecule has 2 N–H and O–H groups in total. The lowest BCUT2D eigenvalue weighted by molar-refractivity contribution is -0.136. The summed E-state index contributed by atoms with van der Waals surface area (Å²) in [6.07, 6.45) is 9.59. The van der Waals surface area contributed by atoms with Gasteiger partial charge in [0.15, 0.2) is 0 Å². The standard InChI is InChI=1S/C14H26N2O2/c17-14(18)8-9-15-12-5-4-10-16(11-12)13-6-2-1-3-7-13/h12-13,15H,1-11H2,(H,17,18). The van der Waals surface area contributed by atoms with Crippen LogP contribution in [0.2, 0.25) is 0 Å². The van der Waals surface area contributed by atoms with E-state index in [9.17, 15) is 4.79 Å². The van der Waals surface area contributed by atoms with Crippen LogP contribution in [0.25, 0.3) is 0 Å². The van der Waals surface area contributed by atoms with Gasteiger partial charge in [0.25, 0.3) is 0 Å². The van der Waals surface area contributed by atoms with Crippen molar-refractivity contribution in [2.75, 3.05) is 19.6 Å². The van der Waals surface area contributed by atoms with Crippen LogP contribution in [-0.4, -0.2) is 47.7 Å². The molecule has 0 aromatic carbocycles. The van der Waals surface area contributed by atoms with Crippen LogP contribution in [0.3, 0.4) is 0 Å². The molecular formula is C14H26N2O2. The zero-order valence-corrected chi connectivity index (χ0v) is 11.2. The predicted octanol–water partition coefficient (Wildman–Crippen LogP) is 1.85. The summed E-state index contributed by atoms with van der Waals surface area (Å²) >= 11 is 0. The molecule has 104 valence electrons. The van der Waals surface area contributed by atoms with E-state index < -0.39 is 5.97 Å². The maximum Gasteiger partial charge on any atom is 0.304 e. The molecule has 1 heterocycles. The van der Waals surface area contributed by atoms with Gasteiger partial charge < -0.3 is 10.4 Å². The highest BCUT2D eigenvalue weighted by Crippen LogP contribution is 2.25. The van der Waals surface area contributed by atoms with Crippen molar-refractivity contribution in [3.8, 4) is 0 Å². The van der Waals surface area contributed by atoms with Crippen LogP contribution >= 0.6 is 0 Å². The number of likely N-dealkylation sites (tertiary alicyclic amines) is 1. The van der Waals surface area contributed by atoms with E-state index in [4.69, 9.17) is 5.11 Å². The fourth-order valence-corrected chi connectivity index (χ4v) is 3.33. The summed E-state index contributed by atoms with van der Waals surface area (Å²) in [6.45, 7) is 2.96. The molecule has 1 unspecified atom stereocenters. The average Bonchev–Trinajstić information content (AvgIpc) is 2.40. The van der Waals surface area contributed by atoms with Crippen molar-refractivity contribution in [3.05, 3.63) is 0 Å². The molecule has 1 saturated heterocycles. The Morgan fingerprint density at radius 2 is 1.94 bits per heavy atom. The van der Waals surface area contributed by atoms with Gasteiger partial charge >= 0.3 is 5.97 Å². The molecule has 0 aromatic rings. The molecule has 2 aliphatic rings. The first kappa shape index (κ1) is 13.8. The fourth-order valence-electron chi connectivity index (χ4n) is 3.33. The van der Waals surface area contributed by atoms with E-state index in [1.165, 1.54) is 51.5 Å². The van der Waals surface area contributed by atoms with Crippen molar-refractivity contribution >= 4 is 5.97 Å². The monoisotopic (exact) mass is 254 g/mol. The number of piperidine rings is 1. The van der Waals surface area contributed by atoms with Gasteiger partial charge in [0.2, 0.25) is 0 Å². The third-order valence-electron chi connectivity index (χ3n) is 4.32. The van der Waals surface area contributed by atoms with Crippen molar-refractivity contribution in [2.24, 2.45) is 0 Å². The van der Waals surface area contributed by atoms with Gasteiger partial charge in [-0.3, -0.25) is 9.69 Å². The number of nitrogens with zero attached hydrogens (tertiary/aromatic N) is 1. The van der Waals surface area contributed by atoms with Gasteiger partial charge in [0.05, 0.1) is 6.42 Å². The molecule has 0 radical (unpaired) electrons. The molecule has 1 aliphatic heterocycles. The molecule has 0 amide bonds. The zero-order chi connectivity index (χ0) is 12.8. The highest BCUT2D eigenvalue weighted by atomic mass is 16.4. The Morgan fingerprint density at radius 1 is 1.17 bits per heavy atom. The first-order valence-electron chi connectivity index (χ1n) is 7.45. The van der Waals surface area contributed by atoms with Crippen LogP contribution in [0.5, 0.6) is 0 Å². The second-order valence-electron chi connectivity index (χ2n) is 5.72. The van der Waals surface area contributed by atoms with E-state index in [1.54, 1.807) is 0 Å². The quantitative estimate of drug-likeness (QED) is 0.786. The van der Waals surface area contributed by atoms with Crippen LogP contribution < -0.4 is 5.32 Å². The van der Waals surface area contributed by atoms with E-state index in [-0.39, 0.29) is 6.42 Å². The molecule has 0 aromatic heterocycles. The summed E-state index contributed by atoms with van der Waals surface area (Å²) in [4.78, 5) is 13.1. The van der Waals surface area contributed by atoms with E-state index in [2.05, 4.69) is 10.2 Å². The summed E-state index contributed by atoms with van der Waals surface area (Å²) in [5.41, 5.74) is 0. The Labute approximate surface area is 110 Å². The molecule has 2 fully saturated rings. The Morgan fingerprint density at radius 3 is 2.67 bits per heavy atom. The number of carboxylic acid groups (broad SMARTS) is 1. The van der Waals surface area contributed by atoms with E-state index in [0.717, 1.165) is 12.6 Å². The summed E-state index contributed by atoms with van der Waals surface area (Å²) < 4.78 is 0. The van der Waals surface area contributed by atoms with Crippen molar-refractivity contribution in [1.82, 2.24) is 10.2 Å². The molecule has 4 nitrogen and oxygen atoms in total. The average molecular weight is 254 g/mol. The second-order valence-corrected chi connectivity index (χ2v) is 5.72. The van der Waals surface area contributed by atoms with Crippen molar-refractivity contribution < 1.29 is 9.90 Å². The molecule has 1 aliphatic carbocycles. The summed E-state index contributed by atoms with van der Waals surface area (Å²) in [7, 11) is 0. The van der Waals surface area contributed by atoms with E-state index in [1.807, 2.05) is 0 Å². The van der Waals surface area contributed by atoms with Gasteiger partial charge in [0, 0.05) is 25.2 Å². The number of nitrogens with one attached hydrogen (secondary N) is 1. The van der Waals surface area contributed by atoms with Crippen LogP contribution in [0.1, 0.15) is 51.4 Å². The largest absolute Gasteiger partial charge is 0.481 e. The Bertz CT molecular complexity index is 265. The molecule has 4 heteroatoms. The van der Waals surface area contributed by atoms with Gasteiger partial charge in [-0.1, -0.05) is 19.3 Å². The Hall–Kier alpha value is -0.610. The smallest absolute Gasteiger partial charge is 0.304 e. The minimum absolute atomic E-state index is 0.236. The molecular weight excluding hydrogens is 228 g/mol. The maximum absolute atomic E-state index is 10.5. The van der Waals surface area contributed by atoms with Crippen LogP contribution in [0.15, 0.2) is 0 Å². The molecule has 0 bridgehead atoms. The molecule has 1 atom stereocenters. The summed E-state index contributed by atoms with van der Waals surface area (Å²) in [5, 5.41) is 12.0. The number of carbonyl (C=O) groups is 1. The van der Waals surface area contributed by atoms with Crippen LogP contribution in [-0.2, 0) is 4.79 Å². The highest BCUT2D eigenvalue weighted by Gasteiger charge is 2.26. The zero-order valence-electron chi connectivity index (χ0n) is 11.2. The lowest BCUT2D eigenvalue weighted by Gasteiger charge is -2.40. The lowest BCUT2D eigenvalue weighted by Crippen LogP contribution is -2.50. The summed E-state index contributed by atoms with van der Waals surface area (Å²) in [6, 6.07) is 1.29. The second kappa shape index (κ2) is 7.10. The van der Waals surface area contributed by atoms with Crippen molar-refractivity contribution in [1.29, 1.82) is 0 Å². The van der Waals surface area contributed by atoms with E-state index >= 15 is 0 Å². The first-order chi connectivity index (χ1) is 8.75. The number of carboxylic acids is 1. The van der Waals surface area contributed by atoms with Gasteiger partial charge in [-0.2, -0.15) is 0 Å². The third kappa shape index (κ3) is 4.25. The van der Waals surface area contributed by atoms with Crippen molar-refractivity contribution in [3.63, 3.8) is 0 Å². The molecule has 1 saturated carbocycles. The summed E-state index contributed by atoms with van der Waals surface area (Å²) in [5.74, 6) is -0.706. The first-order valence-corrected chi connectivity index (χ1v) is 7.45. The maximum atomic E-state index is 10.5. The Balaban J connectivity index is 1.71. The topological polar surface area (TPSA) is 52.6 Å². The molecule has 18 heavy (non-hydrogen) atoms. The van der Waals surface area contributed by atoms with E-state index in [0.29, 0.717) is 12.6 Å². The van der Waals surface area contributed by atoms with Crippen LogP contribution in [0.4, 0.5) is 0 Å². The lowest BCUT2D eigenvalue weighted by atomic mass is 9.92. The number of hydrogen-bond donors (Lipinski definition) is 2. The normalized spacial score (nSPS) is 27.2. The Kier molecular flexibility index (Phi) is 5.45. The van der Waals surface area contributed by atoms with Crippen molar-refractivity contribution in [2.45, 2.75) is 63.5 Å². The van der Waals surface area contributed by atoms with Crippen LogP contribution in [0, 0.1) is 0 Å². The highest BCUT2D eigenvalue weighted by molar-refractivity contribution is 5.66. The fraction of sp³-hybridized carbons (Fsp3) is 0.929. The molecule has 0 spiro atoms. The van der Waals surface area contributed by atoms with Gasteiger partial charge in [0.1, 0.15) is 0 Å².